The summed E-state index contributed by atoms with van der Waals surface area (Å²) in [6, 6.07) is 14.9. The number of carboxylic acid groups (broad SMARTS) is 1. The van der Waals surface area contributed by atoms with Gasteiger partial charge >= 0.3 is 5.97 Å². The molecule has 0 radical (unpaired) electrons. The molecule has 0 amide bonds. The summed E-state index contributed by atoms with van der Waals surface area (Å²) in [7, 11) is 3.84. The quantitative estimate of drug-likeness (QED) is 0.0448. The summed E-state index contributed by atoms with van der Waals surface area (Å²) in [6.07, 6.45) is 2.58. The Morgan fingerprint density at radius 1 is 1.02 bits per heavy atom. The molecule has 0 aliphatic carbocycles. The van der Waals surface area contributed by atoms with E-state index in [1.165, 1.54) is 17.4 Å². The van der Waals surface area contributed by atoms with Crippen molar-refractivity contribution in [1.82, 2.24) is 35.1 Å². The Labute approximate surface area is 337 Å². The number of aromatic nitrogens is 4. The van der Waals surface area contributed by atoms with Gasteiger partial charge in [0.15, 0.2) is 39.2 Å². The van der Waals surface area contributed by atoms with Gasteiger partial charge in [0.2, 0.25) is 0 Å². The van der Waals surface area contributed by atoms with Gasteiger partial charge in [-0.15, -0.1) is 21.5 Å². The van der Waals surface area contributed by atoms with Crippen LogP contribution >= 0.6 is 22.7 Å². The number of halogens is 1. The highest BCUT2D eigenvalue weighted by atomic mass is 32.1. The first-order valence-electron chi connectivity index (χ1n) is 19.1. The molecule has 3 heterocycles. The van der Waals surface area contributed by atoms with Crippen LogP contribution in [0.4, 0.5) is 26.3 Å². The van der Waals surface area contributed by atoms with Crippen molar-refractivity contribution in [3.8, 4) is 17.6 Å². The van der Waals surface area contributed by atoms with E-state index in [-0.39, 0.29) is 18.1 Å². The molecular weight excluding hydrogens is 750 g/mol. The van der Waals surface area contributed by atoms with Gasteiger partial charge in [-0.1, -0.05) is 56.1 Å². The topological polar surface area (TPSA) is 123 Å². The van der Waals surface area contributed by atoms with E-state index in [9.17, 15) is 14.3 Å². The summed E-state index contributed by atoms with van der Waals surface area (Å²) >= 11 is 2.87. The average Bonchev–Trinajstić information content (AvgIpc) is 3.79. The lowest BCUT2D eigenvalue weighted by atomic mass is 10.1. The number of hydrogen-bond donors (Lipinski definition) is 2. The molecule has 0 saturated carbocycles. The Morgan fingerprint density at radius 2 is 1.80 bits per heavy atom. The van der Waals surface area contributed by atoms with Crippen LogP contribution in [0.5, 0.6) is 5.75 Å². The summed E-state index contributed by atoms with van der Waals surface area (Å²) < 4.78 is 21.6. The molecule has 5 rings (SSSR count). The Bertz CT molecular complexity index is 2090. The molecule has 0 aliphatic rings. The molecule has 0 bridgehead atoms. The zero-order chi connectivity index (χ0) is 40.2. The number of para-hydroxylation sites is 1. The molecule has 0 saturated heterocycles. The number of hydrazine groups is 1. The smallest absolute Gasteiger partial charge is 0.355 e. The second kappa shape index (κ2) is 20.4. The van der Waals surface area contributed by atoms with E-state index in [0.717, 1.165) is 53.4 Å². The lowest BCUT2D eigenvalue weighted by Crippen LogP contribution is -2.47. The first-order valence-corrected chi connectivity index (χ1v) is 20.7. The number of carbonyl (C=O) groups is 1. The fourth-order valence-corrected chi connectivity index (χ4v) is 8.33. The number of carboxylic acids is 1. The number of hydrogen-bond acceptors (Lipinski definition) is 13. The molecule has 2 aromatic carbocycles. The van der Waals surface area contributed by atoms with Crippen LogP contribution in [0.3, 0.4) is 0 Å². The second-order valence-corrected chi connectivity index (χ2v) is 15.7. The van der Waals surface area contributed by atoms with Gasteiger partial charge in [-0.25, -0.2) is 29.2 Å². The van der Waals surface area contributed by atoms with Crippen molar-refractivity contribution >= 4 is 60.8 Å². The number of aryl methyl sites for hydroxylation is 2. The first-order chi connectivity index (χ1) is 27.0. The van der Waals surface area contributed by atoms with E-state index in [4.69, 9.17) is 4.74 Å². The number of rotatable bonds is 20. The SMILES string of the molecule is CCN(CC)N(CC)C(C)CCCN(c1cc(C)c(Nc2nc3ccccc3s2)nn1)c1nc(C(=O)O)c(CCCOc2ccc(C#CCN(C)C)cc2F)s1. The number of nitrogens with one attached hydrogen (secondary N) is 1. The monoisotopic (exact) mass is 801 g/mol. The maximum atomic E-state index is 14.8. The minimum atomic E-state index is -1.11. The van der Waals surface area contributed by atoms with Crippen LogP contribution in [0.25, 0.3) is 10.2 Å². The molecule has 15 heteroatoms. The summed E-state index contributed by atoms with van der Waals surface area (Å²) in [5.41, 5.74) is 2.34. The zero-order valence-corrected chi connectivity index (χ0v) is 34.9. The van der Waals surface area contributed by atoms with Crippen LogP contribution in [-0.2, 0) is 6.42 Å². The second-order valence-electron chi connectivity index (χ2n) is 13.6. The molecule has 1 unspecified atom stereocenters. The fraction of sp³-hybridized carbons (Fsp3) is 0.439. The van der Waals surface area contributed by atoms with Crippen molar-refractivity contribution in [2.24, 2.45) is 0 Å². The van der Waals surface area contributed by atoms with Crippen LogP contribution < -0.4 is 15.0 Å². The maximum Gasteiger partial charge on any atom is 0.355 e. The predicted octanol–water partition coefficient (Wildman–Crippen LogP) is 8.24. The molecule has 0 spiro atoms. The van der Waals surface area contributed by atoms with Crippen LogP contribution in [-0.4, -0.2) is 106 Å². The Balaban J connectivity index is 1.33. The van der Waals surface area contributed by atoms with Gasteiger partial charge in [-0.05, 0) is 95.6 Å². The number of thiazole rings is 2. The fourth-order valence-electron chi connectivity index (χ4n) is 6.33. The lowest BCUT2D eigenvalue weighted by molar-refractivity contribution is -0.0464. The third-order valence-corrected chi connectivity index (χ3v) is 11.3. The van der Waals surface area contributed by atoms with Crippen molar-refractivity contribution in [3.05, 3.63) is 76.0 Å². The lowest BCUT2D eigenvalue weighted by Gasteiger charge is -2.37. The summed E-state index contributed by atoms with van der Waals surface area (Å²) in [5, 5.41) is 28.7. The Hall–Kier alpha value is -4.72. The van der Waals surface area contributed by atoms with E-state index in [1.807, 2.05) is 61.2 Å². The van der Waals surface area contributed by atoms with E-state index in [1.54, 1.807) is 23.5 Å². The van der Waals surface area contributed by atoms with Crippen LogP contribution in [0.1, 0.15) is 73.4 Å². The third kappa shape index (κ3) is 11.2. The van der Waals surface area contributed by atoms with Crippen molar-refractivity contribution in [3.63, 3.8) is 0 Å². The molecule has 0 fully saturated rings. The molecule has 5 aromatic rings. The van der Waals surface area contributed by atoms with Gasteiger partial charge < -0.3 is 20.1 Å². The number of benzene rings is 2. The minimum Gasteiger partial charge on any atom is -0.491 e. The van der Waals surface area contributed by atoms with Crippen molar-refractivity contribution < 1.29 is 19.0 Å². The molecule has 1 atom stereocenters. The highest BCUT2D eigenvalue weighted by Gasteiger charge is 2.24. The Morgan fingerprint density at radius 3 is 2.48 bits per heavy atom. The number of nitrogens with zero attached hydrogens (tertiary/aromatic N) is 8. The highest BCUT2D eigenvalue weighted by Crippen LogP contribution is 2.34. The highest BCUT2D eigenvalue weighted by molar-refractivity contribution is 7.22. The number of aromatic carboxylic acids is 1. The van der Waals surface area contributed by atoms with Crippen LogP contribution in [0.2, 0.25) is 0 Å². The largest absolute Gasteiger partial charge is 0.491 e. The van der Waals surface area contributed by atoms with E-state index in [2.05, 4.69) is 75.0 Å². The molecule has 298 valence electrons. The molecule has 3 aromatic heterocycles. The number of ether oxygens (including phenoxy) is 1. The summed E-state index contributed by atoms with van der Waals surface area (Å²) in [5.74, 6) is 5.65. The normalized spacial score (nSPS) is 12.0. The number of anilines is 4. The van der Waals surface area contributed by atoms with E-state index < -0.39 is 11.8 Å². The molecule has 0 aliphatic heterocycles. The van der Waals surface area contributed by atoms with Gasteiger partial charge in [0.05, 0.1) is 23.4 Å². The molecular formula is C41H52FN9O3S2. The van der Waals surface area contributed by atoms with Gasteiger partial charge in [0.25, 0.3) is 0 Å². The van der Waals surface area contributed by atoms with Gasteiger partial charge in [0.1, 0.15) is 0 Å². The average molecular weight is 802 g/mol. The van der Waals surface area contributed by atoms with Gasteiger partial charge in [0, 0.05) is 42.7 Å². The van der Waals surface area contributed by atoms with E-state index >= 15 is 0 Å². The van der Waals surface area contributed by atoms with E-state index in [0.29, 0.717) is 59.2 Å². The zero-order valence-electron chi connectivity index (χ0n) is 33.3. The van der Waals surface area contributed by atoms with Crippen LogP contribution in [0, 0.1) is 24.6 Å². The van der Waals surface area contributed by atoms with Crippen molar-refractivity contribution in [2.75, 3.05) is 63.6 Å². The minimum absolute atomic E-state index is 0.00676. The third-order valence-electron chi connectivity index (χ3n) is 9.18. The molecule has 56 heavy (non-hydrogen) atoms. The standard InChI is InChI=1S/C41H52FN9O3S2/c1-8-49(9-2)51(10-3)29(5)16-13-24-50(36-26-28(4)38(47-46-36)45-40-43-32-18-11-12-19-34(32)55-40)41-44-37(39(52)53)35(56-41)20-15-25-54-33-22-21-30(27-31(33)42)17-14-23-48(6)7/h11-12,18-19,21-22,26-27,29H,8-10,13,15-16,20,23-25H2,1-7H3,(H,52,53)(H,43,45,47). The van der Waals surface area contributed by atoms with Crippen LogP contribution in [0.15, 0.2) is 48.5 Å². The van der Waals surface area contributed by atoms with Gasteiger partial charge in [-0.3, -0.25) is 4.90 Å². The first kappa shape index (κ1) is 42.4. The number of fused-ring (bicyclic) bond motifs is 1. The predicted molar refractivity (Wildman–Crippen MR) is 225 cm³/mol. The van der Waals surface area contributed by atoms with Gasteiger partial charge in [-0.2, -0.15) is 0 Å². The van der Waals surface area contributed by atoms with Crippen molar-refractivity contribution in [1.29, 1.82) is 0 Å². The maximum absolute atomic E-state index is 14.8. The summed E-state index contributed by atoms with van der Waals surface area (Å²) in [4.78, 5) is 26.3. The summed E-state index contributed by atoms with van der Waals surface area (Å²) in [6.45, 7) is 14.8. The Kier molecular flexibility index (Phi) is 15.5. The molecule has 12 nitrogen and oxygen atoms in total. The molecule has 2 N–H and O–H groups in total. The van der Waals surface area contributed by atoms with Crippen molar-refractivity contribution in [2.45, 2.75) is 66.3 Å².